The maximum absolute atomic E-state index is 10.7. The highest BCUT2D eigenvalue weighted by Crippen LogP contribution is 2.28. The molecule has 0 radical (unpaired) electrons. The van der Waals surface area contributed by atoms with Crippen LogP contribution in [0.3, 0.4) is 0 Å². The molecule has 5 nitrogen and oxygen atoms in total. The third-order valence-corrected chi connectivity index (χ3v) is 3.41. The minimum Gasteiger partial charge on any atom is -0.478 e. The molecule has 0 atom stereocenters. The molecule has 0 bridgehead atoms. The van der Waals surface area contributed by atoms with Crippen LogP contribution < -0.4 is 5.73 Å². The molecule has 0 unspecified atom stereocenters. The minimum atomic E-state index is -0.961. The molecular weight excluding hydrogens is 274 g/mol. The Kier molecular flexibility index (Phi) is 4.37. The largest absolute Gasteiger partial charge is 0.478 e. The van der Waals surface area contributed by atoms with Crippen molar-refractivity contribution in [2.24, 2.45) is 10.2 Å². The van der Waals surface area contributed by atoms with Crippen molar-refractivity contribution in [3.05, 3.63) is 48.0 Å². The van der Waals surface area contributed by atoms with E-state index in [1.807, 2.05) is 12.3 Å². The van der Waals surface area contributed by atoms with Crippen LogP contribution in [-0.4, -0.2) is 17.3 Å². The summed E-state index contributed by atoms with van der Waals surface area (Å²) < 4.78 is 0. The van der Waals surface area contributed by atoms with E-state index in [0.29, 0.717) is 17.1 Å². The van der Waals surface area contributed by atoms with E-state index in [1.165, 1.54) is 12.1 Å². The molecule has 20 heavy (non-hydrogen) atoms. The van der Waals surface area contributed by atoms with Crippen molar-refractivity contribution in [2.75, 3.05) is 12.0 Å². The lowest BCUT2D eigenvalue weighted by Gasteiger charge is -2.02. The molecular formula is C14H13N3O2S. The highest BCUT2D eigenvalue weighted by atomic mass is 32.2. The first-order chi connectivity index (χ1) is 9.60. The summed E-state index contributed by atoms with van der Waals surface area (Å²) in [5.74, 6) is -0.961. The van der Waals surface area contributed by atoms with E-state index in [0.717, 1.165) is 4.90 Å². The van der Waals surface area contributed by atoms with Crippen LogP contribution in [0.25, 0.3) is 0 Å². The summed E-state index contributed by atoms with van der Waals surface area (Å²) in [5, 5.41) is 17.0. The van der Waals surface area contributed by atoms with Crippen molar-refractivity contribution in [3.8, 4) is 0 Å². The van der Waals surface area contributed by atoms with E-state index in [9.17, 15) is 4.79 Å². The van der Waals surface area contributed by atoms with Gasteiger partial charge < -0.3 is 10.8 Å². The summed E-state index contributed by atoms with van der Waals surface area (Å²) in [6.45, 7) is 0. The number of benzene rings is 2. The zero-order valence-electron chi connectivity index (χ0n) is 10.8. The van der Waals surface area contributed by atoms with Gasteiger partial charge in [-0.1, -0.05) is 0 Å². The van der Waals surface area contributed by atoms with Crippen LogP contribution in [0.5, 0.6) is 0 Å². The topological polar surface area (TPSA) is 88.0 Å². The van der Waals surface area contributed by atoms with Crippen molar-refractivity contribution < 1.29 is 9.90 Å². The van der Waals surface area contributed by atoms with Gasteiger partial charge in [0.05, 0.1) is 16.9 Å². The molecule has 0 aliphatic heterocycles. The van der Waals surface area contributed by atoms with Gasteiger partial charge in [0.2, 0.25) is 0 Å². The molecule has 3 N–H and O–H groups in total. The Bertz CT molecular complexity index is 654. The number of anilines is 1. The second-order valence-electron chi connectivity index (χ2n) is 3.98. The molecule has 102 valence electrons. The van der Waals surface area contributed by atoms with Gasteiger partial charge in [-0.25, -0.2) is 4.79 Å². The third-order valence-electron chi connectivity index (χ3n) is 2.61. The minimum absolute atomic E-state index is 0.223. The maximum Gasteiger partial charge on any atom is 0.335 e. The standard InChI is InChI=1S/C14H13N3O2S/c1-20-13-8-11(6-7-12(13)15)17-16-10-4-2-9(3-5-10)14(18)19/h2-8H,15H2,1H3,(H,18,19). The van der Waals surface area contributed by atoms with Crippen LogP contribution >= 0.6 is 11.8 Å². The van der Waals surface area contributed by atoms with Crippen LogP contribution in [0, 0.1) is 0 Å². The Balaban J connectivity index is 2.18. The summed E-state index contributed by atoms with van der Waals surface area (Å²) in [7, 11) is 0. The molecule has 0 aliphatic rings. The van der Waals surface area contributed by atoms with Gasteiger partial charge >= 0.3 is 5.97 Å². The predicted molar refractivity (Wildman–Crippen MR) is 80.2 cm³/mol. The second kappa shape index (κ2) is 6.21. The van der Waals surface area contributed by atoms with E-state index in [2.05, 4.69) is 10.2 Å². The number of nitrogens with zero attached hydrogens (tertiary/aromatic N) is 2. The smallest absolute Gasteiger partial charge is 0.335 e. The molecule has 0 aromatic heterocycles. The van der Waals surface area contributed by atoms with Crippen molar-refractivity contribution in [1.82, 2.24) is 0 Å². The fraction of sp³-hybridized carbons (Fsp3) is 0.0714. The number of azo groups is 1. The molecule has 0 heterocycles. The van der Waals surface area contributed by atoms with Crippen molar-refractivity contribution in [3.63, 3.8) is 0 Å². The molecule has 2 rings (SSSR count). The number of hydrogen-bond acceptors (Lipinski definition) is 5. The molecule has 2 aromatic carbocycles. The lowest BCUT2D eigenvalue weighted by molar-refractivity contribution is 0.0697. The number of carboxylic acids is 1. The van der Waals surface area contributed by atoms with E-state index < -0.39 is 5.97 Å². The first-order valence-electron chi connectivity index (χ1n) is 5.79. The van der Waals surface area contributed by atoms with Crippen molar-refractivity contribution >= 4 is 34.8 Å². The van der Waals surface area contributed by atoms with Crippen LogP contribution in [0.4, 0.5) is 17.1 Å². The van der Waals surface area contributed by atoms with Gasteiger partial charge in [-0.3, -0.25) is 0 Å². The van der Waals surface area contributed by atoms with Crippen LogP contribution in [0.15, 0.2) is 57.6 Å². The number of rotatable bonds is 4. The van der Waals surface area contributed by atoms with E-state index in [4.69, 9.17) is 10.8 Å². The number of aromatic carboxylic acids is 1. The lowest BCUT2D eigenvalue weighted by atomic mass is 10.2. The first kappa shape index (κ1) is 14.1. The summed E-state index contributed by atoms with van der Waals surface area (Å²) >= 11 is 1.54. The SMILES string of the molecule is CSc1cc(N=Nc2ccc(C(=O)O)cc2)ccc1N. The monoisotopic (exact) mass is 287 g/mol. The van der Waals surface area contributed by atoms with Crippen LogP contribution in [0.2, 0.25) is 0 Å². The Morgan fingerprint density at radius 3 is 2.30 bits per heavy atom. The summed E-state index contributed by atoms with van der Waals surface area (Å²) in [6, 6.07) is 11.6. The fourth-order valence-electron chi connectivity index (χ4n) is 1.55. The van der Waals surface area contributed by atoms with Gasteiger partial charge in [-0.15, -0.1) is 11.8 Å². The average molecular weight is 287 g/mol. The van der Waals surface area contributed by atoms with Gasteiger partial charge in [0.25, 0.3) is 0 Å². The fourth-order valence-corrected chi connectivity index (χ4v) is 2.09. The number of thioether (sulfide) groups is 1. The average Bonchev–Trinajstić information content (AvgIpc) is 2.46. The van der Waals surface area contributed by atoms with Gasteiger partial charge in [0, 0.05) is 10.6 Å². The van der Waals surface area contributed by atoms with Crippen LogP contribution in [0.1, 0.15) is 10.4 Å². The van der Waals surface area contributed by atoms with Crippen LogP contribution in [-0.2, 0) is 0 Å². The van der Waals surface area contributed by atoms with E-state index >= 15 is 0 Å². The molecule has 6 heteroatoms. The van der Waals surface area contributed by atoms with E-state index in [1.54, 1.807) is 36.0 Å². The Hall–Kier alpha value is -2.34. The number of carbonyl (C=O) groups is 1. The van der Waals surface area contributed by atoms with Gasteiger partial charge in [0.1, 0.15) is 0 Å². The summed E-state index contributed by atoms with van der Waals surface area (Å²) in [6.07, 6.45) is 1.94. The Morgan fingerprint density at radius 2 is 1.70 bits per heavy atom. The molecule has 0 saturated heterocycles. The third kappa shape index (κ3) is 3.36. The quantitative estimate of drug-likeness (QED) is 0.503. The molecule has 0 saturated carbocycles. The van der Waals surface area contributed by atoms with Crippen molar-refractivity contribution in [1.29, 1.82) is 0 Å². The molecule has 0 spiro atoms. The van der Waals surface area contributed by atoms with Gasteiger partial charge in [-0.05, 0) is 48.7 Å². The molecule has 0 amide bonds. The van der Waals surface area contributed by atoms with Crippen molar-refractivity contribution in [2.45, 2.75) is 4.90 Å². The highest BCUT2D eigenvalue weighted by molar-refractivity contribution is 7.98. The zero-order valence-corrected chi connectivity index (χ0v) is 11.6. The summed E-state index contributed by atoms with van der Waals surface area (Å²) in [4.78, 5) is 11.7. The Morgan fingerprint density at radius 1 is 1.10 bits per heavy atom. The Labute approximate surface area is 120 Å². The second-order valence-corrected chi connectivity index (χ2v) is 4.83. The number of hydrogen-bond donors (Lipinski definition) is 2. The molecule has 2 aromatic rings. The summed E-state index contributed by atoms with van der Waals surface area (Å²) in [5.41, 5.74) is 8.03. The normalized spacial score (nSPS) is 10.8. The number of nitrogens with two attached hydrogens (primary N) is 1. The lowest BCUT2D eigenvalue weighted by Crippen LogP contribution is -1.93. The predicted octanol–water partition coefficient (Wildman–Crippen LogP) is 4.10. The number of carboxylic acid groups (broad SMARTS) is 1. The van der Waals surface area contributed by atoms with Gasteiger partial charge in [0.15, 0.2) is 0 Å². The number of nitrogen functional groups attached to an aromatic ring is 1. The van der Waals surface area contributed by atoms with Gasteiger partial charge in [-0.2, -0.15) is 10.2 Å². The maximum atomic E-state index is 10.7. The first-order valence-corrected chi connectivity index (χ1v) is 7.01. The zero-order chi connectivity index (χ0) is 14.5. The molecule has 0 aliphatic carbocycles. The molecule has 0 fully saturated rings. The van der Waals surface area contributed by atoms with E-state index in [-0.39, 0.29) is 5.56 Å². The highest BCUT2D eigenvalue weighted by Gasteiger charge is 2.01.